The standard InChI is InChI=1S/C22H26N2O4/c1-3-15-5-4-6-17(13-15)16-9-11-24(12-10-16)22(27)18-7-8-19(20(25)14-18)21(26)23-28-2/h4-8,13-14,16,25H,3,9-12H2,1-2H3,(H,23,26). The third kappa shape index (κ3) is 4.34. The lowest BCUT2D eigenvalue weighted by molar-refractivity contribution is 0.0534. The Bertz CT molecular complexity index is 857. The van der Waals surface area contributed by atoms with Crippen molar-refractivity contribution < 1.29 is 19.5 Å². The molecule has 2 aromatic carbocycles. The number of nitrogens with one attached hydrogen (secondary N) is 1. The molecule has 1 fully saturated rings. The Kier molecular flexibility index (Phi) is 6.31. The molecule has 148 valence electrons. The van der Waals surface area contributed by atoms with Crippen LogP contribution in [-0.2, 0) is 11.3 Å². The molecule has 0 saturated carbocycles. The van der Waals surface area contributed by atoms with Gasteiger partial charge in [0.15, 0.2) is 0 Å². The van der Waals surface area contributed by atoms with E-state index in [-0.39, 0.29) is 17.2 Å². The third-order valence-electron chi connectivity index (χ3n) is 5.30. The Balaban J connectivity index is 1.65. The van der Waals surface area contributed by atoms with Gasteiger partial charge in [-0.1, -0.05) is 31.2 Å². The Morgan fingerprint density at radius 1 is 1.18 bits per heavy atom. The number of carbonyl (C=O) groups is 2. The molecule has 3 rings (SSSR count). The van der Waals surface area contributed by atoms with Gasteiger partial charge in [0, 0.05) is 18.7 Å². The van der Waals surface area contributed by atoms with E-state index in [1.165, 1.54) is 30.4 Å². The minimum Gasteiger partial charge on any atom is -0.507 e. The van der Waals surface area contributed by atoms with Crippen LogP contribution in [0.4, 0.5) is 0 Å². The number of likely N-dealkylation sites (tertiary alicyclic amines) is 1. The summed E-state index contributed by atoms with van der Waals surface area (Å²) in [6, 6.07) is 13.0. The van der Waals surface area contributed by atoms with Crippen molar-refractivity contribution in [1.82, 2.24) is 10.4 Å². The molecule has 0 aromatic heterocycles. The fraction of sp³-hybridized carbons (Fsp3) is 0.364. The molecule has 2 aromatic rings. The minimum atomic E-state index is -0.561. The second kappa shape index (κ2) is 8.89. The summed E-state index contributed by atoms with van der Waals surface area (Å²) in [4.78, 5) is 30.9. The summed E-state index contributed by atoms with van der Waals surface area (Å²) >= 11 is 0. The normalized spacial score (nSPS) is 14.7. The summed E-state index contributed by atoms with van der Waals surface area (Å²) in [7, 11) is 1.31. The van der Waals surface area contributed by atoms with Gasteiger partial charge in [0.05, 0.1) is 12.7 Å². The predicted octanol–water partition coefficient (Wildman–Crippen LogP) is 3.27. The highest BCUT2D eigenvalue weighted by atomic mass is 16.6. The lowest BCUT2D eigenvalue weighted by atomic mass is 9.88. The molecule has 1 aliphatic rings. The number of phenolic OH excluding ortho intramolecular Hbond substituents is 1. The summed E-state index contributed by atoms with van der Waals surface area (Å²) in [6.07, 6.45) is 2.85. The van der Waals surface area contributed by atoms with Gasteiger partial charge in [-0.25, -0.2) is 5.48 Å². The number of carbonyl (C=O) groups excluding carboxylic acids is 2. The monoisotopic (exact) mass is 382 g/mol. The topological polar surface area (TPSA) is 78.9 Å². The third-order valence-corrected chi connectivity index (χ3v) is 5.30. The molecule has 0 bridgehead atoms. The van der Waals surface area contributed by atoms with Gasteiger partial charge in [-0.05, 0) is 54.5 Å². The molecule has 0 radical (unpaired) electrons. The molecular formula is C22H26N2O4. The van der Waals surface area contributed by atoms with E-state index in [0.717, 1.165) is 19.3 Å². The maximum atomic E-state index is 12.8. The molecule has 0 spiro atoms. The number of rotatable bonds is 5. The van der Waals surface area contributed by atoms with Crippen LogP contribution in [0, 0.1) is 0 Å². The second-order valence-electron chi connectivity index (χ2n) is 7.03. The zero-order chi connectivity index (χ0) is 20.1. The summed E-state index contributed by atoms with van der Waals surface area (Å²) in [5, 5.41) is 10.1. The van der Waals surface area contributed by atoms with Crippen LogP contribution in [0.15, 0.2) is 42.5 Å². The van der Waals surface area contributed by atoms with Gasteiger partial charge < -0.3 is 10.0 Å². The number of hydrogen-bond donors (Lipinski definition) is 2. The molecule has 1 heterocycles. The first-order valence-corrected chi connectivity index (χ1v) is 9.58. The molecule has 6 nitrogen and oxygen atoms in total. The number of amides is 2. The fourth-order valence-electron chi connectivity index (χ4n) is 3.67. The van der Waals surface area contributed by atoms with Crippen LogP contribution in [0.1, 0.15) is 57.5 Å². The Morgan fingerprint density at radius 2 is 1.93 bits per heavy atom. The summed E-state index contributed by atoms with van der Waals surface area (Å²) < 4.78 is 0. The fourth-order valence-corrected chi connectivity index (χ4v) is 3.67. The predicted molar refractivity (Wildman–Crippen MR) is 106 cm³/mol. The van der Waals surface area contributed by atoms with E-state index >= 15 is 0 Å². The maximum absolute atomic E-state index is 12.8. The van der Waals surface area contributed by atoms with E-state index in [4.69, 9.17) is 0 Å². The van der Waals surface area contributed by atoms with Crippen LogP contribution in [0.25, 0.3) is 0 Å². The average molecular weight is 382 g/mol. The first-order valence-electron chi connectivity index (χ1n) is 9.58. The highest BCUT2D eigenvalue weighted by molar-refractivity contribution is 5.99. The number of aryl methyl sites for hydroxylation is 1. The second-order valence-corrected chi connectivity index (χ2v) is 7.03. The van der Waals surface area contributed by atoms with Gasteiger partial charge in [-0.3, -0.25) is 14.4 Å². The Hall–Kier alpha value is -2.86. The number of hydrogen-bond acceptors (Lipinski definition) is 4. The Labute approximate surface area is 165 Å². The van der Waals surface area contributed by atoms with E-state index in [0.29, 0.717) is 24.6 Å². The van der Waals surface area contributed by atoms with Gasteiger partial charge in [-0.2, -0.15) is 0 Å². The molecular weight excluding hydrogens is 356 g/mol. The zero-order valence-corrected chi connectivity index (χ0v) is 16.3. The van der Waals surface area contributed by atoms with Crippen molar-refractivity contribution in [3.8, 4) is 5.75 Å². The highest BCUT2D eigenvalue weighted by Gasteiger charge is 2.25. The van der Waals surface area contributed by atoms with Crippen molar-refractivity contribution in [1.29, 1.82) is 0 Å². The largest absolute Gasteiger partial charge is 0.507 e. The van der Waals surface area contributed by atoms with Crippen LogP contribution in [-0.4, -0.2) is 42.0 Å². The number of hydroxylamine groups is 1. The van der Waals surface area contributed by atoms with Crippen molar-refractivity contribution in [2.24, 2.45) is 0 Å². The van der Waals surface area contributed by atoms with Crippen LogP contribution in [0.5, 0.6) is 5.75 Å². The zero-order valence-electron chi connectivity index (χ0n) is 16.3. The molecule has 6 heteroatoms. The lowest BCUT2D eigenvalue weighted by Gasteiger charge is -2.32. The van der Waals surface area contributed by atoms with Gasteiger partial charge in [0.1, 0.15) is 5.75 Å². The minimum absolute atomic E-state index is 0.0629. The van der Waals surface area contributed by atoms with E-state index < -0.39 is 5.91 Å². The van der Waals surface area contributed by atoms with Crippen molar-refractivity contribution in [3.05, 3.63) is 64.7 Å². The van der Waals surface area contributed by atoms with Gasteiger partial charge in [0.25, 0.3) is 11.8 Å². The van der Waals surface area contributed by atoms with Crippen molar-refractivity contribution >= 4 is 11.8 Å². The van der Waals surface area contributed by atoms with Crippen molar-refractivity contribution in [2.75, 3.05) is 20.2 Å². The van der Waals surface area contributed by atoms with Crippen molar-refractivity contribution in [3.63, 3.8) is 0 Å². The molecule has 2 amide bonds. The van der Waals surface area contributed by atoms with Crippen molar-refractivity contribution in [2.45, 2.75) is 32.1 Å². The summed E-state index contributed by atoms with van der Waals surface area (Å²) in [6.45, 7) is 3.50. The van der Waals surface area contributed by atoms with E-state index in [1.54, 1.807) is 6.07 Å². The number of benzene rings is 2. The van der Waals surface area contributed by atoms with Crippen LogP contribution < -0.4 is 5.48 Å². The maximum Gasteiger partial charge on any atom is 0.278 e. The summed E-state index contributed by atoms with van der Waals surface area (Å²) in [5.41, 5.74) is 5.27. The van der Waals surface area contributed by atoms with Crippen LogP contribution in [0.2, 0.25) is 0 Å². The number of nitrogens with zero attached hydrogens (tertiary/aromatic N) is 1. The number of aromatic hydroxyl groups is 1. The molecule has 0 unspecified atom stereocenters. The van der Waals surface area contributed by atoms with E-state index in [2.05, 4.69) is 41.5 Å². The first-order chi connectivity index (χ1) is 13.5. The number of phenols is 1. The van der Waals surface area contributed by atoms with Gasteiger partial charge in [-0.15, -0.1) is 0 Å². The first kappa shape index (κ1) is 19.9. The Morgan fingerprint density at radius 3 is 2.57 bits per heavy atom. The molecule has 1 aliphatic heterocycles. The van der Waals surface area contributed by atoms with Crippen LogP contribution >= 0.6 is 0 Å². The lowest BCUT2D eigenvalue weighted by Crippen LogP contribution is -2.38. The molecule has 28 heavy (non-hydrogen) atoms. The molecule has 0 aliphatic carbocycles. The van der Waals surface area contributed by atoms with Gasteiger partial charge >= 0.3 is 0 Å². The average Bonchev–Trinajstić information content (AvgIpc) is 2.73. The molecule has 1 saturated heterocycles. The highest BCUT2D eigenvalue weighted by Crippen LogP contribution is 2.30. The smallest absolute Gasteiger partial charge is 0.278 e. The summed E-state index contributed by atoms with van der Waals surface area (Å²) in [5.74, 6) is -0.473. The SMILES string of the molecule is CCc1cccc(C2CCN(C(=O)c3ccc(C(=O)NOC)c(O)c3)CC2)c1. The van der Waals surface area contributed by atoms with E-state index in [1.807, 2.05) is 4.90 Å². The van der Waals surface area contributed by atoms with E-state index in [9.17, 15) is 14.7 Å². The molecule has 2 N–H and O–H groups in total. The number of piperidine rings is 1. The molecule has 0 atom stereocenters. The van der Waals surface area contributed by atoms with Crippen LogP contribution in [0.3, 0.4) is 0 Å². The quantitative estimate of drug-likeness (QED) is 0.778. The van der Waals surface area contributed by atoms with Gasteiger partial charge in [0.2, 0.25) is 0 Å².